The molecule has 0 aliphatic rings. The number of aliphatic hydroxyl groups excluding tert-OH is 3. The van der Waals surface area contributed by atoms with Gasteiger partial charge in [-0.15, -0.1) is 19.7 Å². The molecule has 0 spiro atoms. The molecule has 0 rings (SSSR count). The minimum Gasteiger partial charge on any atom is -0.412 e. The van der Waals surface area contributed by atoms with Crippen LogP contribution in [0, 0.1) is 0 Å². The van der Waals surface area contributed by atoms with Gasteiger partial charge in [0.1, 0.15) is 0 Å². The van der Waals surface area contributed by atoms with Crippen LogP contribution in [0.3, 0.4) is 0 Å². The maximum atomic E-state index is 7.76. The van der Waals surface area contributed by atoms with Gasteiger partial charge in [0.2, 0.25) is 0 Å². The minimum absolute atomic E-state index is 0. The van der Waals surface area contributed by atoms with Gasteiger partial charge in [0.05, 0.1) is 19.8 Å². The number of aliphatic hydroxyl groups is 3. The summed E-state index contributed by atoms with van der Waals surface area (Å²) in [6.07, 6.45) is 4.29. The molecule has 0 radical (unpaired) electrons. The predicted octanol–water partition coefficient (Wildman–Crippen LogP) is -0.333. The van der Waals surface area contributed by atoms with E-state index < -0.39 is 0 Å². The summed E-state index contributed by atoms with van der Waals surface area (Å²) in [4.78, 5) is 0. The Hall–Kier alpha value is -0.226. The first kappa shape index (κ1) is 29.2. The van der Waals surface area contributed by atoms with Gasteiger partial charge in [-0.3, -0.25) is 0 Å². The average molecular weight is 240 g/mol. The van der Waals surface area contributed by atoms with Crippen molar-refractivity contribution in [2.45, 2.75) is 0 Å². The van der Waals surface area contributed by atoms with E-state index in [-0.39, 0.29) is 47.0 Å². The van der Waals surface area contributed by atoms with Crippen LogP contribution in [-0.2, 0) is 21.7 Å². The molecule has 5 N–H and O–H groups in total. The zero-order valence-corrected chi connectivity index (χ0v) is 9.88. The molecule has 0 aliphatic carbocycles. The predicted molar refractivity (Wildman–Crippen MR) is 55.5 cm³/mol. The molecule has 0 bridgehead atoms. The van der Waals surface area contributed by atoms with Crippen LogP contribution < -0.4 is 0 Å². The van der Waals surface area contributed by atoms with Crippen LogP contribution in [0.4, 0.5) is 0 Å². The molecule has 0 unspecified atom stereocenters. The van der Waals surface area contributed by atoms with Crippen LogP contribution in [0.2, 0.25) is 0 Å². The van der Waals surface area contributed by atoms with Crippen molar-refractivity contribution in [1.29, 1.82) is 0 Å². The third-order valence-corrected chi connectivity index (χ3v) is 0.387. The molecule has 0 saturated carbocycles. The maximum absolute atomic E-state index is 7.76. The van der Waals surface area contributed by atoms with Crippen molar-refractivity contribution in [2.24, 2.45) is 0 Å². The number of hydrogen-bond donors (Lipinski definition) is 3. The maximum Gasteiger partial charge on any atom is 0.0609 e. The van der Waals surface area contributed by atoms with E-state index in [2.05, 4.69) is 19.7 Å². The largest absolute Gasteiger partial charge is 0.412 e. The summed E-state index contributed by atoms with van der Waals surface area (Å²) in [7, 11) is 0. The fourth-order valence-corrected chi connectivity index (χ4v) is 0. The molecule has 0 atom stereocenters. The van der Waals surface area contributed by atoms with Crippen LogP contribution >= 0.6 is 0 Å². The smallest absolute Gasteiger partial charge is 0.0609 e. The standard InChI is InChI=1S/3C3H6O.H2O.Ti/c3*1-2-3-4;;/h3*2,4H,1,3H2;1H2;. The molecule has 0 aliphatic heterocycles. The van der Waals surface area contributed by atoms with Crippen LogP contribution in [0.15, 0.2) is 38.0 Å². The molecule has 14 heavy (non-hydrogen) atoms. The summed E-state index contributed by atoms with van der Waals surface area (Å²) in [5.74, 6) is 0. The van der Waals surface area contributed by atoms with Crippen molar-refractivity contribution in [1.82, 2.24) is 0 Å². The normalized spacial score (nSPS) is 5.36. The van der Waals surface area contributed by atoms with Gasteiger partial charge in [-0.25, -0.2) is 0 Å². The fraction of sp³-hybridized carbons (Fsp3) is 0.333. The first-order valence-electron chi connectivity index (χ1n) is 3.40. The second-order valence-corrected chi connectivity index (χ2v) is 1.41. The van der Waals surface area contributed by atoms with E-state index in [0.717, 1.165) is 0 Å². The molecular weight excluding hydrogens is 220 g/mol. The summed E-state index contributed by atoms with van der Waals surface area (Å²) in [5.41, 5.74) is 0. The summed E-state index contributed by atoms with van der Waals surface area (Å²) in [6.45, 7) is 9.94. The van der Waals surface area contributed by atoms with Gasteiger partial charge in [-0.2, -0.15) is 0 Å². The number of hydrogen-bond acceptors (Lipinski definition) is 3. The van der Waals surface area contributed by atoms with Gasteiger partial charge in [0.25, 0.3) is 0 Å². The Morgan fingerprint density at radius 2 is 0.786 bits per heavy atom. The average Bonchev–Trinajstić information content (AvgIpc) is 2.18. The molecule has 5 heteroatoms. The number of rotatable bonds is 3. The van der Waals surface area contributed by atoms with E-state index in [9.17, 15) is 0 Å². The Balaban J connectivity index is -0.0000000270. The van der Waals surface area contributed by atoms with Crippen molar-refractivity contribution in [3.05, 3.63) is 38.0 Å². The Labute approximate surface area is 100 Å². The molecule has 0 saturated heterocycles. The van der Waals surface area contributed by atoms with E-state index >= 15 is 0 Å². The topological polar surface area (TPSA) is 92.2 Å². The van der Waals surface area contributed by atoms with Crippen molar-refractivity contribution in [2.75, 3.05) is 19.8 Å². The van der Waals surface area contributed by atoms with E-state index in [0.29, 0.717) is 0 Å². The van der Waals surface area contributed by atoms with E-state index in [1.807, 2.05) is 0 Å². The molecule has 0 aromatic carbocycles. The van der Waals surface area contributed by atoms with Gasteiger partial charge in [0, 0.05) is 21.7 Å². The van der Waals surface area contributed by atoms with Crippen LogP contribution in [-0.4, -0.2) is 40.6 Å². The van der Waals surface area contributed by atoms with Crippen molar-refractivity contribution in [3.63, 3.8) is 0 Å². The van der Waals surface area contributed by atoms with Gasteiger partial charge >= 0.3 is 0 Å². The molecular formula is C9H20O4Ti. The first-order valence-corrected chi connectivity index (χ1v) is 3.40. The zero-order valence-electron chi connectivity index (χ0n) is 8.32. The monoisotopic (exact) mass is 240 g/mol. The summed E-state index contributed by atoms with van der Waals surface area (Å²) >= 11 is 0. The summed E-state index contributed by atoms with van der Waals surface area (Å²) in [6, 6.07) is 0. The third kappa shape index (κ3) is 178. The summed E-state index contributed by atoms with van der Waals surface area (Å²) < 4.78 is 0. The Morgan fingerprint density at radius 3 is 0.786 bits per heavy atom. The Kier molecular flexibility index (Phi) is 111. The van der Waals surface area contributed by atoms with Crippen molar-refractivity contribution < 1.29 is 42.5 Å². The van der Waals surface area contributed by atoms with Gasteiger partial charge in [-0.1, -0.05) is 18.2 Å². The van der Waals surface area contributed by atoms with Crippen LogP contribution in [0.5, 0.6) is 0 Å². The Morgan fingerprint density at radius 1 is 0.714 bits per heavy atom. The first-order chi connectivity index (χ1) is 5.74. The molecule has 4 nitrogen and oxygen atoms in total. The third-order valence-electron chi connectivity index (χ3n) is 0.387. The SMILES string of the molecule is C=CCO.C=CCO.C=CCO.O.[Ti]. The van der Waals surface area contributed by atoms with E-state index in [4.69, 9.17) is 15.3 Å². The Bertz CT molecular complexity index is 77.8. The van der Waals surface area contributed by atoms with Gasteiger partial charge in [0.15, 0.2) is 0 Å². The van der Waals surface area contributed by atoms with E-state index in [1.54, 1.807) is 0 Å². The minimum atomic E-state index is 0. The van der Waals surface area contributed by atoms with Crippen LogP contribution in [0.25, 0.3) is 0 Å². The quantitative estimate of drug-likeness (QED) is 0.465. The molecule has 0 fully saturated rings. The van der Waals surface area contributed by atoms with E-state index in [1.165, 1.54) is 18.2 Å². The van der Waals surface area contributed by atoms with Gasteiger partial charge < -0.3 is 20.8 Å². The second kappa shape index (κ2) is 53.1. The van der Waals surface area contributed by atoms with Crippen molar-refractivity contribution >= 4 is 0 Å². The molecule has 84 valence electrons. The van der Waals surface area contributed by atoms with Crippen LogP contribution in [0.1, 0.15) is 0 Å². The molecule has 0 aromatic heterocycles. The fourth-order valence-electron chi connectivity index (χ4n) is 0. The second-order valence-electron chi connectivity index (χ2n) is 1.41. The molecule has 0 heterocycles. The zero-order chi connectivity index (χ0) is 10.2. The molecule has 0 amide bonds. The molecule has 0 aromatic rings. The van der Waals surface area contributed by atoms with Gasteiger partial charge in [-0.05, 0) is 0 Å². The van der Waals surface area contributed by atoms with Crippen molar-refractivity contribution in [3.8, 4) is 0 Å². The summed E-state index contributed by atoms with van der Waals surface area (Å²) in [5, 5.41) is 23.3.